The first-order valence-corrected chi connectivity index (χ1v) is 13.8. The summed E-state index contributed by atoms with van der Waals surface area (Å²) >= 11 is 1.38. The number of likely N-dealkylation sites (N-methyl/N-ethyl adjacent to an activating group) is 1. The molecule has 0 radical (unpaired) electrons. The second-order valence-corrected chi connectivity index (χ2v) is 11.3. The lowest BCUT2D eigenvalue weighted by atomic mass is 10.0. The number of benzene rings is 1. The maximum Gasteiger partial charge on any atom is 0.253 e. The Balaban J connectivity index is 1.67. The number of hydrogen-bond acceptors (Lipinski definition) is 8. The number of nitrogens with two attached hydrogens (primary N) is 1. The van der Waals surface area contributed by atoms with E-state index in [0.29, 0.717) is 60.3 Å². The van der Waals surface area contributed by atoms with Crippen LogP contribution in [0.3, 0.4) is 0 Å². The van der Waals surface area contributed by atoms with E-state index in [1.54, 1.807) is 35.7 Å². The fraction of sp³-hybridized carbons (Fsp3) is 0.538. The Labute approximate surface area is 226 Å². The van der Waals surface area contributed by atoms with Crippen LogP contribution in [0.15, 0.2) is 18.2 Å². The SMILES string of the molecule is Cc1nc2n(n1)CCN(C(=O)c1ccc3sc(N)nc3c1)CCCC(=O)N(C)[C@@H](C)C(=O)N[C@@H]2CC(C)C. The Bertz CT molecular complexity index is 1330. The molecule has 204 valence electrons. The summed E-state index contributed by atoms with van der Waals surface area (Å²) < 4.78 is 2.71. The lowest BCUT2D eigenvalue weighted by Crippen LogP contribution is -2.47. The topological polar surface area (TPSA) is 139 Å². The zero-order valence-corrected chi connectivity index (χ0v) is 23.4. The highest BCUT2D eigenvalue weighted by molar-refractivity contribution is 7.22. The highest BCUT2D eigenvalue weighted by atomic mass is 32.1. The van der Waals surface area contributed by atoms with Crippen molar-refractivity contribution in [2.75, 3.05) is 25.9 Å². The Hall–Kier alpha value is -3.54. The summed E-state index contributed by atoms with van der Waals surface area (Å²) in [4.78, 5) is 51.8. The average Bonchev–Trinajstić information content (AvgIpc) is 3.43. The van der Waals surface area contributed by atoms with Gasteiger partial charge in [-0.15, -0.1) is 0 Å². The molecule has 12 heteroatoms. The zero-order chi connectivity index (χ0) is 27.6. The van der Waals surface area contributed by atoms with Gasteiger partial charge in [0.2, 0.25) is 11.8 Å². The first-order chi connectivity index (χ1) is 18.0. The van der Waals surface area contributed by atoms with E-state index in [1.807, 2.05) is 13.0 Å². The number of anilines is 1. The molecule has 0 spiro atoms. The number of amides is 3. The molecule has 0 fully saturated rings. The number of aryl methyl sites for hydroxylation is 1. The summed E-state index contributed by atoms with van der Waals surface area (Å²) in [6.07, 6.45) is 1.35. The lowest BCUT2D eigenvalue weighted by molar-refractivity contribution is -0.138. The van der Waals surface area contributed by atoms with Crippen molar-refractivity contribution in [3.63, 3.8) is 0 Å². The van der Waals surface area contributed by atoms with Crippen LogP contribution in [0, 0.1) is 12.8 Å². The Kier molecular flexibility index (Phi) is 8.29. The first kappa shape index (κ1) is 27.5. The number of thiazole rings is 1. The molecule has 3 amide bonds. The molecule has 2 aromatic heterocycles. The summed E-state index contributed by atoms with van der Waals surface area (Å²) in [6, 6.07) is 4.38. The van der Waals surface area contributed by atoms with E-state index >= 15 is 0 Å². The van der Waals surface area contributed by atoms with Crippen molar-refractivity contribution in [3.05, 3.63) is 35.4 Å². The minimum Gasteiger partial charge on any atom is -0.375 e. The van der Waals surface area contributed by atoms with Gasteiger partial charge in [-0.1, -0.05) is 25.2 Å². The van der Waals surface area contributed by atoms with E-state index in [2.05, 4.69) is 34.2 Å². The number of carbonyl (C=O) groups is 3. The zero-order valence-electron chi connectivity index (χ0n) is 22.6. The van der Waals surface area contributed by atoms with Crippen LogP contribution in [0.2, 0.25) is 0 Å². The standard InChI is InChI=1S/C26H36N8O3S/c1-15(2)13-20-23-28-17(4)31-34(23)12-11-33(10-6-7-22(35)32(5)16(3)24(36)29-20)25(37)18-8-9-21-19(14-18)30-26(27)38-21/h8-9,14-16,20H,6-7,10-13H2,1-5H3,(H2,27,30)(H,29,36)/t16-,20+/m0/s1. The van der Waals surface area contributed by atoms with Gasteiger partial charge in [0.25, 0.3) is 5.91 Å². The van der Waals surface area contributed by atoms with E-state index in [-0.39, 0.29) is 36.1 Å². The fourth-order valence-electron chi connectivity index (χ4n) is 4.67. The smallest absolute Gasteiger partial charge is 0.253 e. The van der Waals surface area contributed by atoms with Crippen molar-refractivity contribution >= 4 is 44.4 Å². The molecule has 3 N–H and O–H groups in total. The third-order valence-electron chi connectivity index (χ3n) is 6.83. The molecule has 11 nitrogen and oxygen atoms in total. The number of nitrogen functional groups attached to an aromatic ring is 1. The van der Waals surface area contributed by atoms with Crippen LogP contribution >= 0.6 is 11.3 Å². The third kappa shape index (κ3) is 6.12. The molecule has 3 aromatic rings. The Morgan fingerprint density at radius 3 is 2.71 bits per heavy atom. The van der Waals surface area contributed by atoms with Crippen molar-refractivity contribution in [2.45, 2.75) is 65.6 Å². The van der Waals surface area contributed by atoms with Crippen molar-refractivity contribution in [2.24, 2.45) is 5.92 Å². The lowest BCUT2D eigenvalue weighted by Gasteiger charge is -2.29. The van der Waals surface area contributed by atoms with Crippen LogP contribution in [0.25, 0.3) is 10.2 Å². The van der Waals surface area contributed by atoms with E-state index in [4.69, 9.17) is 5.73 Å². The van der Waals surface area contributed by atoms with Crippen molar-refractivity contribution in [3.8, 4) is 0 Å². The molecule has 38 heavy (non-hydrogen) atoms. The molecule has 1 aliphatic heterocycles. The second kappa shape index (κ2) is 11.5. The molecular formula is C26H36N8O3S. The van der Waals surface area contributed by atoms with E-state index in [9.17, 15) is 14.4 Å². The van der Waals surface area contributed by atoms with Gasteiger partial charge in [-0.05, 0) is 50.8 Å². The van der Waals surface area contributed by atoms with Crippen molar-refractivity contribution < 1.29 is 14.4 Å². The van der Waals surface area contributed by atoms with Gasteiger partial charge >= 0.3 is 0 Å². The van der Waals surface area contributed by atoms with Gasteiger partial charge < -0.3 is 20.9 Å². The average molecular weight is 541 g/mol. The van der Waals surface area contributed by atoms with Gasteiger partial charge in [0.15, 0.2) is 5.13 Å². The molecule has 0 bridgehead atoms. The predicted molar refractivity (Wildman–Crippen MR) is 146 cm³/mol. The fourth-order valence-corrected chi connectivity index (χ4v) is 5.38. The summed E-state index contributed by atoms with van der Waals surface area (Å²) in [5.74, 6) is 1.01. The van der Waals surface area contributed by atoms with Gasteiger partial charge in [0, 0.05) is 32.1 Å². The summed E-state index contributed by atoms with van der Waals surface area (Å²) in [5.41, 5.74) is 7.05. The molecule has 2 atom stereocenters. The van der Waals surface area contributed by atoms with Crippen molar-refractivity contribution in [1.82, 2.24) is 34.9 Å². The molecule has 4 rings (SSSR count). The molecule has 1 aromatic carbocycles. The highest BCUT2D eigenvalue weighted by Gasteiger charge is 2.29. The van der Waals surface area contributed by atoms with Crippen LogP contribution in [0.1, 0.15) is 68.1 Å². The second-order valence-electron chi connectivity index (χ2n) is 10.2. The van der Waals surface area contributed by atoms with Crippen molar-refractivity contribution in [1.29, 1.82) is 0 Å². The maximum atomic E-state index is 13.6. The largest absolute Gasteiger partial charge is 0.375 e. The minimum atomic E-state index is -0.646. The highest BCUT2D eigenvalue weighted by Crippen LogP contribution is 2.25. The minimum absolute atomic E-state index is 0.143. The van der Waals surface area contributed by atoms with Crippen LogP contribution < -0.4 is 11.1 Å². The first-order valence-electron chi connectivity index (χ1n) is 13.0. The third-order valence-corrected chi connectivity index (χ3v) is 7.70. The summed E-state index contributed by atoms with van der Waals surface area (Å²) in [6.45, 7) is 8.85. The number of nitrogens with zero attached hydrogens (tertiary/aromatic N) is 6. The summed E-state index contributed by atoms with van der Waals surface area (Å²) in [5, 5.41) is 8.14. The van der Waals surface area contributed by atoms with Gasteiger partial charge in [-0.2, -0.15) is 5.10 Å². The van der Waals surface area contributed by atoms with Gasteiger partial charge in [0.1, 0.15) is 17.7 Å². The van der Waals surface area contributed by atoms with E-state index in [0.717, 1.165) is 4.70 Å². The summed E-state index contributed by atoms with van der Waals surface area (Å²) in [7, 11) is 1.64. The van der Waals surface area contributed by atoms with Crippen LogP contribution in [0.4, 0.5) is 5.13 Å². The number of carbonyl (C=O) groups excluding carboxylic acids is 3. The van der Waals surface area contributed by atoms with Gasteiger partial charge in [0.05, 0.1) is 22.8 Å². The molecule has 0 unspecified atom stereocenters. The molecule has 1 aliphatic rings. The van der Waals surface area contributed by atoms with Crippen LogP contribution in [-0.4, -0.2) is 73.4 Å². The van der Waals surface area contributed by atoms with E-state index in [1.165, 1.54) is 16.2 Å². The number of rotatable bonds is 3. The Morgan fingerprint density at radius 1 is 1.21 bits per heavy atom. The molecule has 0 saturated carbocycles. The number of hydrogen-bond donors (Lipinski definition) is 2. The quantitative estimate of drug-likeness (QED) is 0.521. The number of fused-ring (bicyclic) bond motifs is 2. The predicted octanol–water partition coefficient (Wildman–Crippen LogP) is 2.76. The maximum absolute atomic E-state index is 13.6. The van der Waals surface area contributed by atoms with Crippen LogP contribution in [0.5, 0.6) is 0 Å². The molecule has 0 saturated heterocycles. The molecular weight excluding hydrogens is 504 g/mol. The monoisotopic (exact) mass is 540 g/mol. The number of aromatic nitrogens is 4. The molecule has 0 aliphatic carbocycles. The van der Waals surface area contributed by atoms with Gasteiger partial charge in [-0.3, -0.25) is 14.4 Å². The molecule has 3 heterocycles. The number of nitrogens with one attached hydrogen (secondary N) is 1. The van der Waals surface area contributed by atoms with Gasteiger partial charge in [-0.25, -0.2) is 14.6 Å². The Morgan fingerprint density at radius 2 is 1.97 bits per heavy atom. The van der Waals surface area contributed by atoms with Crippen LogP contribution in [-0.2, 0) is 16.1 Å². The van der Waals surface area contributed by atoms with E-state index < -0.39 is 6.04 Å². The normalized spacial score (nSPS) is 19.9.